The highest BCUT2D eigenvalue weighted by atomic mass is 19.2. The summed E-state index contributed by atoms with van der Waals surface area (Å²) in [5.74, 6) is 8.91. The summed E-state index contributed by atoms with van der Waals surface area (Å²) in [4.78, 5) is 48.8. The zero-order valence-electron chi connectivity index (χ0n) is 32.3. The number of benzene rings is 4. The molecule has 6 aromatic rings. The SMILES string of the molecule is CN1C(=O)N(Cc2ccc(F)c(F)c2)Cc2[nH]c(C#CCc3ccccc3)nc21.Cn1c2c(c(=O)n(Cc3ccc(F)c(F)c3)c1=O)C=C(C#CCc1ccc(F)cc1)C2. The van der Waals surface area contributed by atoms with Crippen LogP contribution in [0.4, 0.5) is 32.6 Å². The number of hydrogen-bond donors (Lipinski definition) is 1. The lowest BCUT2D eigenvalue weighted by molar-refractivity contribution is 0.196. The smallest absolute Gasteiger partial charge is 0.331 e. The van der Waals surface area contributed by atoms with Gasteiger partial charge in [-0.15, -0.1) is 0 Å². The van der Waals surface area contributed by atoms with Crippen LogP contribution < -0.4 is 16.1 Å². The molecule has 0 unspecified atom stereocenters. The molecule has 2 aliphatic rings. The van der Waals surface area contributed by atoms with Gasteiger partial charge in [-0.3, -0.25) is 18.8 Å². The van der Waals surface area contributed by atoms with Gasteiger partial charge in [-0.1, -0.05) is 72.4 Å². The number of aromatic nitrogens is 4. The molecule has 9 nitrogen and oxygen atoms in total. The molecule has 1 aliphatic carbocycles. The summed E-state index contributed by atoms with van der Waals surface area (Å²) in [6, 6.07) is 22.6. The monoisotopic (exact) mass is 814 g/mol. The van der Waals surface area contributed by atoms with E-state index in [2.05, 4.69) is 33.6 Å². The molecule has 2 amide bonds. The van der Waals surface area contributed by atoms with E-state index >= 15 is 0 Å². The lowest BCUT2D eigenvalue weighted by atomic mass is 10.1. The molecular weight excluding hydrogens is 780 g/mol. The van der Waals surface area contributed by atoms with Gasteiger partial charge in [-0.2, -0.15) is 0 Å². The normalized spacial score (nSPS) is 12.7. The van der Waals surface area contributed by atoms with Gasteiger partial charge < -0.3 is 9.88 Å². The molecule has 0 spiro atoms. The first kappa shape index (κ1) is 40.7. The number of nitrogens with zero attached hydrogens (tertiary/aromatic N) is 5. The molecule has 2 aromatic heterocycles. The minimum absolute atomic E-state index is 0.161. The molecular formula is C46H35F5N6O3. The highest BCUT2D eigenvalue weighted by Gasteiger charge is 2.31. The van der Waals surface area contributed by atoms with Crippen molar-refractivity contribution in [2.75, 3.05) is 11.9 Å². The summed E-state index contributed by atoms with van der Waals surface area (Å²) >= 11 is 0. The van der Waals surface area contributed by atoms with E-state index in [9.17, 15) is 36.3 Å². The number of hydrogen-bond acceptors (Lipinski definition) is 4. The molecule has 0 atom stereocenters. The van der Waals surface area contributed by atoms with Gasteiger partial charge in [0.1, 0.15) is 5.82 Å². The Morgan fingerprint density at radius 1 is 0.700 bits per heavy atom. The molecule has 1 N–H and O–H groups in total. The summed E-state index contributed by atoms with van der Waals surface area (Å²) in [5, 5.41) is 0. The number of carbonyl (C=O) groups excluding carboxylic acids is 1. The lowest BCUT2D eigenvalue weighted by Gasteiger charge is -2.32. The Morgan fingerprint density at radius 3 is 1.95 bits per heavy atom. The predicted molar refractivity (Wildman–Crippen MR) is 216 cm³/mol. The fourth-order valence-corrected chi connectivity index (χ4v) is 6.72. The second-order valence-corrected chi connectivity index (χ2v) is 14.1. The van der Waals surface area contributed by atoms with Crippen LogP contribution >= 0.6 is 0 Å². The van der Waals surface area contributed by atoms with Crippen LogP contribution in [0.25, 0.3) is 6.08 Å². The Labute approximate surface area is 341 Å². The number of carbonyl (C=O) groups is 1. The zero-order chi connectivity index (χ0) is 42.5. The first-order chi connectivity index (χ1) is 28.8. The molecule has 14 heteroatoms. The Morgan fingerprint density at radius 2 is 1.30 bits per heavy atom. The van der Waals surface area contributed by atoms with Crippen LogP contribution in [-0.4, -0.2) is 37.1 Å². The van der Waals surface area contributed by atoms with E-state index in [1.54, 1.807) is 32.3 Å². The van der Waals surface area contributed by atoms with Crippen LogP contribution in [0.2, 0.25) is 0 Å². The highest BCUT2D eigenvalue weighted by molar-refractivity contribution is 5.93. The van der Waals surface area contributed by atoms with E-state index < -0.39 is 34.5 Å². The first-order valence-electron chi connectivity index (χ1n) is 18.6. The Balaban J connectivity index is 0.000000182. The number of H-pyrrole nitrogens is 1. The summed E-state index contributed by atoms with van der Waals surface area (Å²) < 4.78 is 68.6. The van der Waals surface area contributed by atoms with E-state index in [0.717, 1.165) is 45.7 Å². The topological polar surface area (TPSA) is 96.2 Å². The van der Waals surface area contributed by atoms with Gasteiger partial charge in [0.05, 0.1) is 24.3 Å². The number of anilines is 1. The molecule has 0 fully saturated rings. The second-order valence-electron chi connectivity index (χ2n) is 14.1. The molecule has 0 saturated heterocycles. The van der Waals surface area contributed by atoms with Crippen molar-refractivity contribution in [2.24, 2.45) is 7.05 Å². The molecule has 8 rings (SSSR count). The second kappa shape index (κ2) is 17.6. The number of nitrogens with one attached hydrogen (secondary N) is 1. The number of imidazole rings is 1. The van der Waals surface area contributed by atoms with Crippen LogP contribution in [0, 0.1) is 52.8 Å². The first-order valence-corrected chi connectivity index (χ1v) is 18.6. The molecule has 302 valence electrons. The van der Waals surface area contributed by atoms with E-state index in [0.29, 0.717) is 58.9 Å². The van der Waals surface area contributed by atoms with Crippen LogP contribution in [0.1, 0.15) is 45.0 Å². The number of fused-ring (bicyclic) bond motifs is 2. The Bertz CT molecular complexity index is 2900. The van der Waals surface area contributed by atoms with Gasteiger partial charge in [-0.25, -0.2) is 36.5 Å². The highest BCUT2D eigenvalue weighted by Crippen LogP contribution is 2.27. The number of rotatable bonds is 6. The van der Waals surface area contributed by atoms with Gasteiger partial charge in [0.2, 0.25) is 0 Å². The number of halogens is 5. The standard InChI is InChI=1S/C24H17F3N2O2.C22H18F2N4O/c1-28-22-13-16(4-2-3-15-5-8-18(25)9-6-15)11-19(22)23(30)29(24(28)31)14-17-7-10-20(26)21(27)12-17;1-27-21-19(25-20(26-21)9-5-8-15-6-3-2-4-7-15)14-28(22(27)29)13-16-10-11-17(23)18(24)12-16/h5-12H,3,13-14H2,1H3;2-4,6-7,10-12H,8,13-14H2,1H3,(H,25,26). The van der Waals surface area contributed by atoms with Gasteiger partial charge in [0.15, 0.2) is 34.9 Å². The maximum Gasteiger partial charge on any atom is 0.331 e. The van der Waals surface area contributed by atoms with Crippen molar-refractivity contribution in [3.63, 3.8) is 0 Å². The van der Waals surface area contributed by atoms with Crippen molar-refractivity contribution < 1.29 is 26.7 Å². The van der Waals surface area contributed by atoms with E-state index in [1.807, 2.05) is 30.3 Å². The predicted octanol–water partition coefficient (Wildman–Crippen LogP) is 7.05. The summed E-state index contributed by atoms with van der Waals surface area (Å²) in [6.07, 6.45) is 3.02. The van der Waals surface area contributed by atoms with E-state index in [4.69, 9.17) is 0 Å². The summed E-state index contributed by atoms with van der Waals surface area (Å²) in [5.41, 5.74) is 4.11. The summed E-state index contributed by atoms with van der Waals surface area (Å²) in [6.45, 7) is 0.272. The fourth-order valence-electron chi connectivity index (χ4n) is 6.72. The quantitative estimate of drug-likeness (QED) is 0.144. The number of amides is 2. The average molecular weight is 815 g/mol. The molecule has 3 heterocycles. The molecule has 0 bridgehead atoms. The van der Waals surface area contributed by atoms with Crippen molar-refractivity contribution in [3.8, 4) is 23.7 Å². The zero-order valence-corrected chi connectivity index (χ0v) is 32.3. The van der Waals surface area contributed by atoms with Crippen molar-refractivity contribution in [3.05, 3.63) is 192 Å². The number of aromatic amines is 1. The van der Waals surface area contributed by atoms with Crippen LogP contribution in [0.3, 0.4) is 0 Å². The molecule has 1 aliphatic heterocycles. The molecule has 4 aromatic carbocycles. The van der Waals surface area contributed by atoms with E-state index in [1.165, 1.54) is 38.6 Å². The molecule has 60 heavy (non-hydrogen) atoms. The Hall–Kier alpha value is -7.45. The van der Waals surface area contributed by atoms with Gasteiger partial charge in [0, 0.05) is 51.2 Å². The minimum Gasteiger partial charge on any atom is -0.332 e. The van der Waals surface area contributed by atoms with Gasteiger partial charge in [0.25, 0.3) is 5.56 Å². The largest absolute Gasteiger partial charge is 0.332 e. The van der Waals surface area contributed by atoms with Crippen LogP contribution in [0.15, 0.2) is 106 Å². The fraction of sp³-hybridized carbons (Fsp3) is 0.174. The third-order valence-corrected chi connectivity index (χ3v) is 9.85. The maximum atomic E-state index is 13.5. The summed E-state index contributed by atoms with van der Waals surface area (Å²) in [7, 11) is 3.19. The van der Waals surface area contributed by atoms with Crippen molar-refractivity contribution in [2.45, 2.75) is 38.9 Å². The molecule has 0 saturated carbocycles. The third-order valence-electron chi connectivity index (χ3n) is 9.85. The van der Waals surface area contributed by atoms with Crippen molar-refractivity contribution >= 4 is 17.9 Å². The maximum absolute atomic E-state index is 13.5. The van der Waals surface area contributed by atoms with Crippen molar-refractivity contribution in [1.29, 1.82) is 0 Å². The minimum atomic E-state index is -1.04. The average Bonchev–Trinajstić information content (AvgIpc) is 3.86. The molecule has 0 radical (unpaired) electrons. The van der Waals surface area contributed by atoms with Crippen LogP contribution in [0.5, 0.6) is 0 Å². The number of urea groups is 1. The Kier molecular flexibility index (Phi) is 11.9. The third kappa shape index (κ3) is 9.14. The van der Waals surface area contributed by atoms with E-state index in [-0.39, 0.29) is 31.5 Å². The lowest BCUT2D eigenvalue weighted by Crippen LogP contribution is -2.44. The van der Waals surface area contributed by atoms with Gasteiger partial charge in [-0.05, 0) is 70.6 Å². The van der Waals surface area contributed by atoms with Crippen molar-refractivity contribution in [1.82, 2.24) is 24.0 Å². The number of allylic oxidation sites excluding steroid dienone is 1. The van der Waals surface area contributed by atoms with Crippen LogP contribution in [-0.2, 0) is 45.9 Å². The van der Waals surface area contributed by atoms with Gasteiger partial charge >= 0.3 is 11.7 Å².